The van der Waals surface area contributed by atoms with Crippen LogP contribution in [0.3, 0.4) is 0 Å². The molecule has 5 nitrogen and oxygen atoms in total. The van der Waals surface area contributed by atoms with Gasteiger partial charge in [0, 0.05) is 17.2 Å². The highest BCUT2D eigenvalue weighted by molar-refractivity contribution is 5.93. The molecule has 1 heterocycles. The smallest absolute Gasteiger partial charge is 0.341 e. The second-order valence-corrected chi connectivity index (χ2v) is 4.74. The van der Waals surface area contributed by atoms with Crippen molar-refractivity contribution in [3.63, 3.8) is 0 Å². The van der Waals surface area contributed by atoms with E-state index < -0.39 is 5.97 Å². The topological polar surface area (TPSA) is 78.8 Å². The minimum absolute atomic E-state index is 0.0166. The van der Waals surface area contributed by atoms with Crippen LogP contribution in [0, 0.1) is 0 Å². The van der Waals surface area contributed by atoms with E-state index in [4.69, 9.17) is 0 Å². The standard InChI is InChI=1S/C13H17NO4/c1-13(4-3-5-14-13)9-6-8(12(17)18-2)10(15)7-11(9)16/h6-7,14-16H,3-5H2,1-2H3. The van der Waals surface area contributed by atoms with Crippen molar-refractivity contribution in [3.8, 4) is 11.5 Å². The number of methoxy groups -OCH3 is 1. The average molecular weight is 251 g/mol. The third kappa shape index (κ3) is 2.01. The molecule has 1 unspecified atom stereocenters. The van der Waals surface area contributed by atoms with E-state index in [1.165, 1.54) is 19.2 Å². The minimum Gasteiger partial charge on any atom is -0.507 e. The maximum absolute atomic E-state index is 11.5. The minimum atomic E-state index is -0.615. The molecule has 0 aliphatic carbocycles. The van der Waals surface area contributed by atoms with Gasteiger partial charge in [-0.2, -0.15) is 0 Å². The number of phenolic OH excluding ortho intramolecular Hbond substituents is 2. The highest BCUT2D eigenvalue weighted by Crippen LogP contribution is 2.39. The summed E-state index contributed by atoms with van der Waals surface area (Å²) in [4.78, 5) is 11.5. The highest BCUT2D eigenvalue weighted by Gasteiger charge is 2.33. The van der Waals surface area contributed by atoms with Crippen molar-refractivity contribution in [3.05, 3.63) is 23.3 Å². The van der Waals surface area contributed by atoms with Crippen molar-refractivity contribution < 1.29 is 19.7 Å². The molecular weight excluding hydrogens is 234 g/mol. The summed E-state index contributed by atoms with van der Waals surface area (Å²) in [5.41, 5.74) is 0.305. The van der Waals surface area contributed by atoms with Gasteiger partial charge in [0.05, 0.1) is 7.11 Å². The number of ether oxygens (including phenoxy) is 1. The number of rotatable bonds is 2. The molecule has 98 valence electrons. The Labute approximate surface area is 105 Å². The van der Waals surface area contributed by atoms with Crippen LogP contribution in [0.15, 0.2) is 12.1 Å². The summed E-state index contributed by atoms with van der Waals surface area (Å²) >= 11 is 0. The summed E-state index contributed by atoms with van der Waals surface area (Å²) in [5, 5.41) is 22.9. The first-order valence-electron chi connectivity index (χ1n) is 5.88. The Morgan fingerprint density at radius 2 is 2.11 bits per heavy atom. The number of carbonyl (C=O) groups excluding carboxylic acids is 1. The number of phenols is 2. The first-order chi connectivity index (χ1) is 8.48. The van der Waals surface area contributed by atoms with E-state index in [1.54, 1.807) is 0 Å². The molecule has 18 heavy (non-hydrogen) atoms. The van der Waals surface area contributed by atoms with Crippen LogP contribution in [-0.2, 0) is 10.3 Å². The van der Waals surface area contributed by atoms with Crippen LogP contribution in [0.5, 0.6) is 11.5 Å². The van der Waals surface area contributed by atoms with Crippen molar-refractivity contribution in [2.45, 2.75) is 25.3 Å². The van der Waals surface area contributed by atoms with E-state index in [0.717, 1.165) is 19.4 Å². The number of nitrogens with one attached hydrogen (secondary N) is 1. The molecule has 0 amide bonds. The molecule has 1 fully saturated rings. The van der Waals surface area contributed by atoms with Gasteiger partial charge in [-0.1, -0.05) is 0 Å². The van der Waals surface area contributed by atoms with Crippen molar-refractivity contribution in [2.24, 2.45) is 0 Å². The van der Waals surface area contributed by atoms with E-state index in [2.05, 4.69) is 10.1 Å². The molecule has 0 aromatic heterocycles. The largest absolute Gasteiger partial charge is 0.507 e. The van der Waals surface area contributed by atoms with Gasteiger partial charge in [0.15, 0.2) is 0 Å². The third-order valence-electron chi connectivity index (χ3n) is 3.48. The number of hydrogen-bond acceptors (Lipinski definition) is 5. The average Bonchev–Trinajstić information content (AvgIpc) is 2.76. The Hall–Kier alpha value is -1.75. The van der Waals surface area contributed by atoms with Crippen molar-refractivity contribution >= 4 is 5.97 Å². The molecule has 5 heteroatoms. The maximum atomic E-state index is 11.5. The lowest BCUT2D eigenvalue weighted by atomic mass is 9.88. The summed E-state index contributed by atoms with van der Waals surface area (Å²) in [6, 6.07) is 2.68. The van der Waals surface area contributed by atoms with Gasteiger partial charge in [0.25, 0.3) is 0 Å². The van der Waals surface area contributed by atoms with E-state index in [0.29, 0.717) is 5.56 Å². The number of carbonyl (C=O) groups is 1. The lowest BCUT2D eigenvalue weighted by molar-refractivity contribution is 0.0597. The number of hydrogen-bond donors (Lipinski definition) is 3. The van der Waals surface area contributed by atoms with Crippen molar-refractivity contribution in [1.29, 1.82) is 0 Å². The summed E-state index contributed by atoms with van der Waals surface area (Å²) in [7, 11) is 1.25. The number of aromatic hydroxyl groups is 2. The molecule has 0 spiro atoms. The Morgan fingerprint density at radius 3 is 2.67 bits per heavy atom. The zero-order valence-electron chi connectivity index (χ0n) is 10.5. The Bertz CT molecular complexity index is 478. The van der Waals surface area contributed by atoms with Gasteiger partial charge in [-0.3, -0.25) is 0 Å². The molecule has 1 aliphatic rings. The predicted octanol–water partition coefficient (Wildman–Crippen LogP) is 1.48. The van der Waals surface area contributed by atoms with Crippen molar-refractivity contribution in [2.75, 3.05) is 13.7 Å². The Kier molecular flexibility index (Phi) is 3.17. The zero-order valence-corrected chi connectivity index (χ0v) is 10.5. The van der Waals surface area contributed by atoms with Crippen LogP contribution in [-0.4, -0.2) is 29.8 Å². The van der Waals surface area contributed by atoms with Crippen LogP contribution < -0.4 is 5.32 Å². The maximum Gasteiger partial charge on any atom is 0.341 e. The second-order valence-electron chi connectivity index (χ2n) is 4.74. The molecular formula is C13H17NO4. The number of benzene rings is 1. The fraction of sp³-hybridized carbons (Fsp3) is 0.462. The van der Waals surface area contributed by atoms with Gasteiger partial charge in [0.2, 0.25) is 0 Å². The van der Waals surface area contributed by atoms with Gasteiger partial charge in [0.1, 0.15) is 17.1 Å². The van der Waals surface area contributed by atoms with E-state index in [1.807, 2.05) is 6.92 Å². The van der Waals surface area contributed by atoms with Gasteiger partial charge in [-0.15, -0.1) is 0 Å². The van der Waals surface area contributed by atoms with Gasteiger partial charge in [-0.25, -0.2) is 4.79 Å². The quantitative estimate of drug-likeness (QED) is 0.694. The molecule has 1 atom stereocenters. The molecule has 1 aliphatic heterocycles. The van der Waals surface area contributed by atoms with Gasteiger partial charge < -0.3 is 20.3 Å². The van der Waals surface area contributed by atoms with Crippen LogP contribution in [0.1, 0.15) is 35.7 Å². The highest BCUT2D eigenvalue weighted by atomic mass is 16.5. The SMILES string of the molecule is COC(=O)c1cc(C2(C)CCCN2)c(O)cc1O. The molecule has 0 radical (unpaired) electrons. The summed E-state index contributed by atoms with van der Waals surface area (Å²) in [5.74, 6) is -0.905. The van der Waals surface area contributed by atoms with Crippen LogP contribution in [0.4, 0.5) is 0 Å². The lowest BCUT2D eigenvalue weighted by Crippen LogP contribution is -2.33. The van der Waals surface area contributed by atoms with E-state index in [-0.39, 0.29) is 22.6 Å². The van der Waals surface area contributed by atoms with Crippen LogP contribution in [0.25, 0.3) is 0 Å². The fourth-order valence-electron chi connectivity index (χ4n) is 2.42. The Balaban J connectivity index is 2.51. The summed E-state index contributed by atoms with van der Waals surface area (Å²) in [6.45, 7) is 2.83. The zero-order chi connectivity index (χ0) is 13.3. The second kappa shape index (κ2) is 4.49. The van der Waals surface area contributed by atoms with Crippen LogP contribution >= 0.6 is 0 Å². The normalized spacial score (nSPS) is 23.0. The molecule has 2 rings (SSSR count). The van der Waals surface area contributed by atoms with Gasteiger partial charge in [-0.05, 0) is 32.4 Å². The molecule has 1 aromatic carbocycles. The predicted molar refractivity (Wildman–Crippen MR) is 65.7 cm³/mol. The summed E-state index contributed by atoms with van der Waals surface area (Å²) in [6.07, 6.45) is 1.87. The Morgan fingerprint density at radius 1 is 1.39 bits per heavy atom. The van der Waals surface area contributed by atoms with Crippen LogP contribution in [0.2, 0.25) is 0 Å². The third-order valence-corrected chi connectivity index (χ3v) is 3.48. The first-order valence-corrected chi connectivity index (χ1v) is 5.88. The van der Waals surface area contributed by atoms with Crippen molar-refractivity contribution in [1.82, 2.24) is 5.32 Å². The van der Waals surface area contributed by atoms with E-state index in [9.17, 15) is 15.0 Å². The summed E-state index contributed by atoms with van der Waals surface area (Å²) < 4.78 is 4.61. The molecule has 1 saturated heterocycles. The molecule has 0 bridgehead atoms. The monoisotopic (exact) mass is 251 g/mol. The molecule has 3 N–H and O–H groups in total. The lowest BCUT2D eigenvalue weighted by Gasteiger charge is -2.26. The fourth-order valence-corrected chi connectivity index (χ4v) is 2.42. The number of esters is 1. The molecule has 0 saturated carbocycles. The first kappa shape index (κ1) is 12.7. The van der Waals surface area contributed by atoms with Gasteiger partial charge >= 0.3 is 5.97 Å². The molecule has 1 aromatic rings. The van der Waals surface area contributed by atoms with E-state index >= 15 is 0 Å².